The molecule has 0 unspecified atom stereocenters. The smallest absolute Gasteiger partial charge is 0.181 e. The van der Waals surface area contributed by atoms with Gasteiger partial charge in [-0.05, 0) is 25.0 Å². The molecular formula is C17H19N5O2S. The molecule has 0 spiro atoms. The van der Waals surface area contributed by atoms with E-state index >= 15 is 0 Å². The van der Waals surface area contributed by atoms with E-state index in [-0.39, 0.29) is 5.25 Å². The molecule has 1 fully saturated rings. The molecule has 0 N–H and O–H groups in total. The minimum atomic E-state index is -3.28. The summed E-state index contributed by atoms with van der Waals surface area (Å²) >= 11 is 0. The number of piperidine rings is 1. The Kier molecular flexibility index (Phi) is 3.91. The summed E-state index contributed by atoms with van der Waals surface area (Å²) in [6.45, 7) is 1.30. The number of nitrogens with zero attached hydrogens (tertiary/aromatic N) is 5. The van der Waals surface area contributed by atoms with Gasteiger partial charge in [0.1, 0.15) is 12.1 Å². The highest BCUT2D eigenvalue weighted by Crippen LogP contribution is 2.29. The Labute approximate surface area is 146 Å². The van der Waals surface area contributed by atoms with E-state index in [1.165, 1.54) is 6.33 Å². The van der Waals surface area contributed by atoms with E-state index in [1.807, 2.05) is 13.1 Å². The van der Waals surface area contributed by atoms with Gasteiger partial charge < -0.3 is 4.90 Å². The Hall–Kier alpha value is -2.48. The van der Waals surface area contributed by atoms with Crippen molar-refractivity contribution in [3.8, 4) is 0 Å². The van der Waals surface area contributed by atoms with Crippen LogP contribution in [-0.2, 0) is 16.9 Å². The predicted octanol–water partition coefficient (Wildman–Crippen LogP) is 1.81. The number of rotatable bonds is 3. The Balaban J connectivity index is 1.55. The average molecular weight is 357 g/mol. The monoisotopic (exact) mass is 357 g/mol. The van der Waals surface area contributed by atoms with E-state index in [4.69, 9.17) is 0 Å². The second kappa shape index (κ2) is 6.11. The second-order valence-electron chi connectivity index (χ2n) is 6.25. The van der Waals surface area contributed by atoms with Crippen molar-refractivity contribution in [1.82, 2.24) is 19.7 Å². The second-order valence-corrected chi connectivity index (χ2v) is 8.48. The maximum atomic E-state index is 12.8. The zero-order valence-corrected chi connectivity index (χ0v) is 14.7. The molecule has 0 saturated carbocycles. The van der Waals surface area contributed by atoms with Crippen molar-refractivity contribution in [1.29, 1.82) is 0 Å². The molecule has 0 amide bonds. The third-order valence-electron chi connectivity index (χ3n) is 4.76. The fourth-order valence-electron chi connectivity index (χ4n) is 3.38. The molecule has 0 atom stereocenters. The lowest BCUT2D eigenvalue weighted by atomic mass is 10.1. The molecule has 2 aromatic heterocycles. The largest absolute Gasteiger partial charge is 0.356 e. The fourth-order valence-corrected chi connectivity index (χ4v) is 5.14. The van der Waals surface area contributed by atoms with Gasteiger partial charge in [-0.2, -0.15) is 5.10 Å². The first kappa shape index (κ1) is 16.0. The molecule has 1 aliphatic rings. The van der Waals surface area contributed by atoms with Crippen LogP contribution in [0.5, 0.6) is 0 Å². The van der Waals surface area contributed by atoms with Crippen molar-refractivity contribution in [2.45, 2.75) is 23.0 Å². The van der Waals surface area contributed by atoms with Crippen LogP contribution in [0, 0.1) is 0 Å². The summed E-state index contributed by atoms with van der Waals surface area (Å²) in [7, 11) is -1.44. The number of hydrogen-bond acceptors (Lipinski definition) is 6. The van der Waals surface area contributed by atoms with Crippen molar-refractivity contribution in [2.24, 2.45) is 7.05 Å². The molecular weight excluding hydrogens is 338 g/mol. The van der Waals surface area contributed by atoms with Gasteiger partial charge in [0.15, 0.2) is 15.5 Å². The lowest BCUT2D eigenvalue weighted by Crippen LogP contribution is -2.39. The molecule has 7 nitrogen and oxygen atoms in total. The van der Waals surface area contributed by atoms with Crippen LogP contribution in [0.2, 0.25) is 0 Å². The van der Waals surface area contributed by atoms with Gasteiger partial charge in [-0.3, -0.25) is 4.68 Å². The van der Waals surface area contributed by atoms with Crippen molar-refractivity contribution in [3.05, 3.63) is 42.9 Å². The summed E-state index contributed by atoms with van der Waals surface area (Å²) in [5, 5.41) is 4.78. The molecule has 25 heavy (non-hydrogen) atoms. The molecule has 0 bridgehead atoms. The van der Waals surface area contributed by atoms with Gasteiger partial charge in [-0.25, -0.2) is 18.4 Å². The number of fused-ring (bicyclic) bond motifs is 1. The first-order valence-corrected chi connectivity index (χ1v) is 9.78. The number of benzene rings is 1. The fraction of sp³-hybridized carbons (Fsp3) is 0.353. The molecule has 4 rings (SSSR count). The van der Waals surface area contributed by atoms with Crippen LogP contribution in [0.4, 0.5) is 5.82 Å². The molecule has 1 saturated heterocycles. The average Bonchev–Trinajstić information content (AvgIpc) is 3.04. The number of sulfone groups is 1. The van der Waals surface area contributed by atoms with Crippen molar-refractivity contribution in [3.63, 3.8) is 0 Å². The van der Waals surface area contributed by atoms with Crippen LogP contribution < -0.4 is 4.90 Å². The first-order chi connectivity index (χ1) is 12.1. The van der Waals surface area contributed by atoms with E-state index in [0.29, 0.717) is 30.8 Å². The standard InChI is InChI=1S/C17H19N5O2S/c1-21-16-15(11-20-21)17(19-12-18-16)22-9-7-14(8-10-22)25(23,24)13-5-3-2-4-6-13/h2-6,11-12,14H,7-10H2,1H3. The normalized spacial score (nSPS) is 16.4. The van der Waals surface area contributed by atoms with Crippen LogP contribution in [0.3, 0.4) is 0 Å². The van der Waals surface area contributed by atoms with E-state index in [9.17, 15) is 8.42 Å². The lowest BCUT2D eigenvalue weighted by Gasteiger charge is -2.32. The van der Waals surface area contributed by atoms with Gasteiger partial charge in [0.2, 0.25) is 0 Å². The van der Waals surface area contributed by atoms with Gasteiger partial charge >= 0.3 is 0 Å². The number of aryl methyl sites for hydroxylation is 1. The van der Waals surface area contributed by atoms with Gasteiger partial charge in [0.25, 0.3) is 0 Å². The molecule has 0 radical (unpaired) electrons. The summed E-state index contributed by atoms with van der Waals surface area (Å²) in [4.78, 5) is 11.2. The van der Waals surface area contributed by atoms with E-state index in [2.05, 4.69) is 20.0 Å². The number of anilines is 1. The predicted molar refractivity (Wildman–Crippen MR) is 95.2 cm³/mol. The van der Waals surface area contributed by atoms with Gasteiger partial charge in [-0.15, -0.1) is 0 Å². The summed E-state index contributed by atoms with van der Waals surface area (Å²) in [5.74, 6) is 0.827. The quantitative estimate of drug-likeness (QED) is 0.711. The van der Waals surface area contributed by atoms with E-state index < -0.39 is 9.84 Å². The highest BCUT2D eigenvalue weighted by Gasteiger charge is 2.32. The highest BCUT2D eigenvalue weighted by atomic mass is 32.2. The maximum Gasteiger partial charge on any atom is 0.181 e. The lowest BCUT2D eigenvalue weighted by molar-refractivity contribution is 0.528. The topological polar surface area (TPSA) is 81.0 Å². The molecule has 0 aliphatic carbocycles. The van der Waals surface area contributed by atoms with Crippen LogP contribution in [0.1, 0.15) is 12.8 Å². The Bertz CT molecular complexity index is 992. The Morgan fingerprint density at radius 1 is 1.08 bits per heavy atom. The van der Waals surface area contributed by atoms with Crippen molar-refractivity contribution in [2.75, 3.05) is 18.0 Å². The summed E-state index contributed by atoms with van der Waals surface area (Å²) < 4.78 is 27.3. The molecule has 130 valence electrons. The van der Waals surface area contributed by atoms with Gasteiger partial charge in [0.05, 0.1) is 21.7 Å². The molecule has 8 heteroatoms. The maximum absolute atomic E-state index is 12.8. The third kappa shape index (κ3) is 2.76. The third-order valence-corrected chi connectivity index (χ3v) is 7.04. The zero-order valence-electron chi connectivity index (χ0n) is 13.9. The number of aromatic nitrogens is 4. The summed E-state index contributed by atoms with van der Waals surface area (Å²) in [5.41, 5.74) is 0.782. The van der Waals surface area contributed by atoms with Gasteiger partial charge in [0, 0.05) is 20.1 Å². The SMILES string of the molecule is Cn1ncc2c(N3CCC(S(=O)(=O)c4ccccc4)CC3)ncnc21. The minimum Gasteiger partial charge on any atom is -0.356 e. The molecule has 1 aromatic carbocycles. The first-order valence-electron chi connectivity index (χ1n) is 8.24. The highest BCUT2D eigenvalue weighted by molar-refractivity contribution is 7.92. The number of hydrogen-bond donors (Lipinski definition) is 0. The van der Waals surface area contributed by atoms with E-state index in [1.54, 1.807) is 35.1 Å². The Morgan fingerprint density at radius 3 is 2.52 bits per heavy atom. The van der Waals surface area contributed by atoms with E-state index in [0.717, 1.165) is 16.9 Å². The van der Waals surface area contributed by atoms with Crippen LogP contribution in [0.25, 0.3) is 11.0 Å². The molecule has 1 aliphatic heterocycles. The van der Waals surface area contributed by atoms with Crippen molar-refractivity contribution >= 4 is 26.7 Å². The molecule has 3 aromatic rings. The molecule has 3 heterocycles. The van der Waals surface area contributed by atoms with Crippen LogP contribution in [0.15, 0.2) is 47.8 Å². The summed E-state index contributed by atoms with van der Waals surface area (Å²) in [6, 6.07) is 8.70. The van der Waals surface area contributed by atoms with Gasteiger partial charge in [-0.1, -0.05) is 18.2 Å². The van der Waals surface area contributed by atoms with Crippen LogP contribution in [-0.4, -0.2) is 46.5 Å². The summed E-state index contributed by atoms with van der Waals surface area (Å²) in [6.07, 6.45) is 4.47. The van der Waals surface area contributed by atoms with Crippen molar-refractivity contribution < 1.29 is 8.42 Å². The zero-order chi connectivity index (χ0) is 17.4. The van der Waals surface area contributed by atoms with Crippen LogP contribution >= 0.6 is 0 Å². The Morgan fingerprint density at radius 2 is 1.80 bits per heavy atom. The minimum absolute atomic E-state index is 0.350.